The second-order valence-electron chi connectivity index (χ2n) is 10.1. The first-order valence-corrected chi connectivity index (χ1v) is 14.0. The molecule has 0 aliphatic carbocycles. The van der Waals surface area contributed by atoms with Gasteiger partial charge in [-0.2, -0.15) is 12.6 Å². The van der Waals surface area contributed by atoms with Crippen molar-refractivity contribution in [1.29, 1.82) is 0 Å². The quantitative estimate of drug-likeness (QED) is 0.132. The van der Waals surface area contributed by atoms with E-state index in [2.05, 4.69) is 33.6 Å². The summed E-state index contributed by atoms with van der Waals surface area (Å²) in [5.41, 5.74) is 8.05. The van der Waals surface area contributed by atoms with Crippen LogP contribution in [-0.4, -0.2) is 68.8 Å². The third-order valence-corrected chi connectivity index (χ3v) is 7.44. The molecule has 0 saturated carbocycles. The van der Waals surface area contributed by atoms with Crippen LogP contribution in [0.4, 0.5) is 0 Å². The van der Waals surface area contributed by atoms with Crippen molar-refractivity contribution >= 4 is 47.2 Å². The van der Waals surface area contributed by atoms with Gasteiger partial charge in [0, 0.05) is 35.7 Å². The van der Waals surface area contributed by atoms with Gasteiger partial charge in [0.05, 0.1) is 6.04 Å². The van der Waals surface area contributed by atoms with Crippen molar-refractivity contribution in [2.75, 3.05) is 5.75 Å². The molecule has 0 aliphatic heterocycles. The zero-order chi connectivity index (χ0) is 30.1. The summed E-state index contributed by atoms with van der Waals surface area (Å²) < 4.78 is 0. The fraction of sp³-hybridized carbons (Fsp3) is 0.379. The molecular weight excluding hydrogens is 546 g/mol. The smallest absolute Gasteiger partial charge is 0.326 e. The van der Waals surface area contributed by atoms with E-state index in [1.807, 2.05) is 31.2 Å². The van der Waals surface area contributed by atoms with Gasteiger partial charge in [0.1, 0.15) is 23.9 Å². The molecular formula is C29H37N5O6S. The Morgan fingerprint density at radius 3 is 2.17 bits per heavy atom. The monoisotopic (exact) mass is 583 g/mol. The van der Waals surface area contributed by atoms with Crippen molar-refractivity contribution in [3.8, 4) is 5.75 Å². The van der Waals surface area contributed by atoms with Crippen LogP contribution in [0.2, 0.25) is 0 Å². The maximum Gasteiger partial charge on any atom is 0.326 e. The van der Waals surface area contributed by atoms with E-state index < -0.39 is 47.9 Å². The number of carbonyl (C=O) groups is 4. The Morgan fingerprint density at radius 2 is 1.54 bits per heavy atom. The SMILES string of the molecule is CCC(C)C(NC(=O)C(Cc1c[nH]c2ccccc12)NC(=O)C(Cc1ccc(O)cc1)NC(=O)C(N)CS)C(=O)O. The van der Waals surface area contributed by atoms with Gasteiger partial charge in [-0.3, -0.25) is 14.4 Å². The standard InChI is InChI=1S/C29H37N5O6S/c1-3-16(2)25(29(39)40)34-28(38)24(13-18-14-31-22-7-5-4-6-20(18)22)33-27(37)23(32-26(36)21(30)15-41)12-17-8-10-19(35)11-9-17/h4-11,14,16,21,23-25,31,35,41H,3,12-13,15,30H2,1-2H3,(H,32,36)(H,33,37)(H,34,38)(H,39,40). The third-order valence-electron chi connectivity index (χ3n) is 7.05. The number of fused-ring (bicyclic) bond motifs is 1. The van der Waals surface area contributed by atoms with E-state index in [0.29, 0.717) is 12.0 Å². The van der Waals surface area contributed by atoms with Gasteiger partial charge >= 0.3 is 5.97 Å². The number of aromatic nitrogens is 1. The lowest BCUT2D eigenvalue weighted by molar-refractivity contribution is -0.143. The van der Waals surface area contributed by atoms with E-state index >= 15 is 0 Å². The Hall–Kier alpha value is -4.03. The molecule has 0 bridgehead atoms. The molecule has 1 aromatic heterocycles. The number of hydrogen-bond donors (Lipinski definition) is 8. The molecule has 41 heavy (non-hydrogen) atoms. The van der Waals surface area contributed by atoms with Crippen LogP contribution >= 0.6 is 12.6 Å². The van der Waals surface area contributed by atoms with Gasteiger partial charge in [-0.25, -0.2) is 4.79 Å². The normalized spacial score (nSPS) is 14.8. The Labute approximate surface area is 243 Å². The zero-order valence-electron chi connectivity index (χ0n) is 23.0. The highest BCUT2D eigenvalue weighted by molar-refractivity contribution is 7.80. The molecule has 1 heterocycles. The van der Waals surface area contributed by atoms with Crippen molar-refractivity contribution in [3.63, 3.8) is 0 Å². The molecule has 8 N–H and O–H groups in total. The van der Waals surface area contributed by atoms with E-state index in [9.17, 15) is 29.4 Å². The van der Waals surface area contributed by atoms with Crippen LogP contribution in [-0.2, 0) is 32.0 Å². The van der Waals surface area contributed by atoms with Crippen LogP contribution in [0.15, 0.2) is 54.7 Å². The van der Waals surface area contributed by atoms with Crippen LogP contribution in [0.3, 0.4) is 0 Å². The first kappa shape index (κ1) is 31.5. The van der Waals surface area contributed by atoms with Crippen LogP contribution < -0.4 is 21.7 Å². The number of nitrogens with two attached hydrogens (primary N) is 1. The number of amides is 3. The van der Waals surface area contributed by atoms with E-state index in [-0.39, 0.29) is 30.3 Å². The minimum absolute atomic E-state index is 0.0423. The predicted molar refractivity (Wildman–Crippen MR) is 159 cm³/mol. The Balaban J connectivity index is 1.92. The second-order valence-corrected chi connectivity index (χ2v) is 10.4. The average molecular weight is 584 g/mol. The van der Waals surface area contributed by atoms with E-state index in [4.69, 9.17) is 5.73 Å². The highest BCUT2D eigenvalue weighted by Crippen LogP contribution is 2.20. The summed E-state index contributed by atoms with van der Waals surface area (Å²) in [5.74, 6) is -3.36. The number of carboxylic acid groups (broad SMARTS) is 1. The fourth-order valence-electron chi connectivity index (χ4n) is 4.38. The summed E-state index contributed by atoms with van der Waals surface area (Å²) in [6.45, 7) is 3.55. The van der Waals surface area contributed by atoms with Gasteiger partial charge in [0.2, 0.25) is 17.7 Å². The Bertz CT molecular complexity index is 1360. The number of aromatic hydroxyl groups is 1. The number of aliphatic carboxylic acids is 1. The van der Waals surface area contributed by atoms with Crippen molar-refractivity contribution in [2.45, 2.75) is 57.3 Å². The number of rotatable bonds is 14. The molecule has 220 valence electrons. The predicted octanol–water partition coefficient (Wildman–Crippen LogP) is 1.50. The molecule has 3 aromatic rings. The largest absolute Gasteiger partial charge is 0.508 e. The number of phenolic OH excluding ortho intramolecular Hbond substituents is 1. The van der Waals surface area contributed by atoms with Gasteiger partial charge in [0.15, 0.2) is 0 Å². The lowest BCUT2D eigenvalue weighted by atomic mass is 9.97. The summed E-state index contributed by atoms with van der Waals surface area (Å²) in [6, 6.07) is 9.20. The van der Waals surface area contributed by atoms with Gasteiger partial charge in [0.25, 0.3) is 0 Å². The van der Waals surface area contributed by atoms with Crippen molar-refractivity contribution < 1.29 is 29.4 Å². The fourth-order valence-corrected chi connectivity index (χ4v) is 4.54. The molecule has 0 fully saturated rings. The molecule has 0 aliphatic rings. The van der Waals surface area contributed by atoms with Crippen molar-refractivity contribution in [1.82, 2.24) is 20.9 Å². The molecule has 12 heteroatoms. The number of phenols is 1. The molecule has 3 amide bonds. The maximum atomic E-state index is 13.6. The number of para-hydroxylation sites is 1. The molecule has 0 radical (unpaired) electrons. The summed E-state index contributed by atoms with van der Waals surface area (Å²) in [5, 5.41) is 28.2. The minimum Gasteiger partial charge on any atom is -0.508 e. The Morgan fingerprint density at radius 1 is 0.927 bits per heavy atom. The number of hydrogen-bond acceptors (Lipinski definition) is 7. The highest BCUT2D eigenvalue weighted by atomic mass is 32.1. The number of nitrogens with one attached hydrogen (secondary N) is 4. The number of aromatic amines is 1. The molecule has 5 atom stereocenters. The van der Waals surface area contributed by atoms with Gasteiger partial charge in [-0.1, -0.05) is 50.6 Å². The molecule has 11 nitrogen and oxygen atoms in total. The number of H-pyrrole nitrogens is 1. The molecule has 2 aromatic carbocycles. The van der Waals surface area contributed by atoms with Crippen LogP contribution in [0.1, 0.15) is 31.4 Å². The first-order chi connectivity index (χ1) is 19.5. The summed E-state index contributed by atoms with van der Waals surface area (Å²) in [7, 11) is 0. The molecule has 5 unspecified atom stereocenters. The lowest BCUT2D eigenvalue weighted by Crippen LogP contribution is -2.58. The number of thiol groups is 1. The average Bonchev–Trinajstić information content (AvgIpc) is 3.37. The van der Waals surface area contributed by atoms with Gasteiger partial charge < -0.3 is 36.9 Å². The van der Waals surface area contributed by atoms with Gasteiger partial charge in [-0.15, -0.1) is 0 Å². The maximum absolute atomic E-state index is 13.6. The topological polar surface area (TPSA) is 187 Å². The van der Waals surface area contributed by atoms with Crippen molar-refractivity contribution in [2.24, 2.45) is 11.7 Å². The lowest BCUT2D eigenvalue weighted by Gasteiger charge is -2.26. The molecule has 0 saturated heterocycles. The van der Waals surface area contributed by atoms with E-state index in [0.717, 1.165) is 16.5 Å². The number of benzene rings is 2. The van der Waals surface area contributed by atoms with Crippen LogP contribution in [0, 0.1) is 5.92 Å². The van der Waals surface area contributed by atoms with Crippen molar-refractivity contribution in [3.05, 3.63) is 65.9 Å². The van der Waals surface area contributed by atoms with Crippen LogP contribution in [0.5, 0.6) is 5.75 Å². The Kier molecular flexibility index (Phi) is 11.2. The van der Waals surface area contributed by atoms with E-state index in [1.165, 1.54) is 12.1 Å². The first-order valence-electron chi connectivity index (χ1n) is 13.4. The molecule has 0 spiro atoms. The minimum atomic E-state index is -1.18. The number of carboxylic acids is 1. The summed E-state index contributed by atoms with van der Waals surface area (Å²) in [6.07, 6.45) is 2.36. The zero-order valence-corrected chi connectivity index (χ0v) is 23.9. The van der Waals surface area contributed by atoms with E-state index in [1.54, 1.807) is 25.3 Å². The van der Waals surface area contributed by atoms with Gasteiger partial charge in [-0.05, 0) is 35.2 Å². The molecule has 3 rings (SSSR count). The number of carbonyl (C=O) groups excluding carboxylic acids is 3. The summed E-state index contributed by atoms with van der Waals surface area (Å²) >= 11 is 4.06. The third kappa shape index (κ3) is 8.48. The highest BCUT2D eigenvalue weighted by Gasteiger charge is 2.32. The summed E-state index contributed by atoms with van der Waals surface area (Å²) in [4.78, 5) is 54.9. The second kappa shape index (κ2) is 14.6. The van der Waals surface area contributed by atoms with Crippen LogP contribution in [0.25, 0.3) is 10.9 Å².